The Morgan fingerprint density at radius 1 is 1.33 bits per heavy atom. The van der Waals surface area contributed by atoms with Gasteiger partial charge < -0.3 is 15.0 Å². The molecule has 0 saturated carbocycles. The van der Waals surface area contributed by atoms with Crippen molar-refractivity contribution >= 4 is 0 Å². The summed E-state index contributed by atoms with van der Waals surface area (Å²) in [6.07, 6.45) is -2.64. The molecular weight excluding hydrogens is 289 g/mol. The number of aromatic nitrogens is 3. The predicted molar refractivity (Wildman–Crippen MR) is 66.0 cm³/mol. The molecule has 0 spiro atoms. The van der Waals surface area contributed by atoms with E-state index >= 15 is 0 Å². The van der Waals surface area contributed by atoms with Gasteiger partial charge in [0.25, 0.3) is 5.89 Å². The second kappa shape index (κ2) is 6.64. The van der Waals surface area contributed by atoms with E-state index < -0.39 is 12.8 Å². The highest BCUT2D eigenvalue weighted by atomic mass is 19.4. The summed E-state index contributed by atoms with van der Waals surface area (Å²) in [5.41, 5.74) is 6.80. The van der Waals surface area contributed by atoms with E-state index in [0.717, 1.165) is 0 Å². The molecule has 0 atom stereocenters. The molecule has 0 aromatic carbocycles. The third-order valence-electron chi connectivity index (χ3n) is 2.48. The SMILES string of the molecule is NCc1cc(-c2nc(CCOCC(F)(F)F)no2)ccn1. The molecule has 6 nitrogen and oxygen atoms in total. The molecule has 0 aliphatic rings. The smallest absolute Gasteiger partial charge is 0.372 e. The van der Waals surface area contributed by atoms with Gasteiger partial charge in [0.1, 0.15) is 6.61 Å². The maximum absolute atomic E-state index is 11.9. The Hall–Kier alpha value is -2.00. The number of hydrogen-bond donors (Lipinski definition) is 1. The average molecular weight is 302 g/mol. The van der Waals surface area contributed by atoms with Crippen LogP contribution < -0.4 is 5.73 Å². The van der Waals surface area contributed by atoms with Gasteiger partial charge >= 0.3 is 6.18 Å². The van der Waals surface area contributed by atoms with Crippen molar-refractivity contribution in [2.75, 3.05) is 13.2 Å². The fourth-order valence-electron chi connectivity index (χ4n) is 1.55. The van der Waals surface area contributed by atoms with E-state index in [0.29, 0.717) is 11.3 Å². The minimum absolute atomic E-state index is 0.133. The van der Waals surface area contributed by atoms with Crippen LogP contribution in [-0.4, -0.2) is 34.5 Å². The van der Waals surface area contributed by atoms with Gasteiger partial charge in [-0.15, -0.1) is 0 Å². The van der Waals surface area contributed by atoms with Gasteiger partial charge in [-0.3, -0.25) is 4.98 Å². The zero-order valence-corrected chi connectivity index (χ0v) is 10.9. The van der Waals surface area contributed by atoms with Gasteiger partial charge in [-0.2, -0.15) is 18.2 Å². The number of nitrogens with zero attached hydrogens (tertiary/aromatic N) is 3. The minimum atomic E-state index is -4.34. The molecule has 0 saturated heterocycles. The normalized spacial score (nSPS) is 11.8. The number of halogens is 3. The van der Waals surface area contributed by atoms with Crippen LogP contribution in [0.5, 0.6) is 0 Å². The Bertz CT molecular complexity index is 586. The summed E-state index contributed by atoms with van der Waals surface area (Å²) < 4.78 is 45.2. The number of alkyl halides is 3. The maximum atomic E-state index is 11.9. The maximum Gasteiger partial charge on any atom is 0.411 e. The van der Waals surface area contributed by atoms with Crippen LogP contribution in [0.1, 0.15) is 11.5 Å². The number of rotatable bonds is 6. The van der Waals surface area contributed by atoms with E-state index in [1.165, 1.54) is 0 Å². The minimum Gasteiger partial charge on any atom is -0.372 e. The van der Waals surface area contributed by atoms with Crippen LogP contribution >= 0.6 is 0 Å². The van der Waals surface area contributed by atoms with Crippen molar-refractivity contribution in [3.8, 4) is 11.5 Å². The van der Waals surface area contributed by atoms with Crippen LogP contribution in [0.3, 0.4) is 0 Å². The van der Waals surface area contributed by atoms with Crippen molar-refractivity contribution in [1.29, 1.82) is 0 Å². The number of nitrogens with two attached hydrogens (primary N) is 1. The molecule has 2 heterocycles. The zero-order chi connectivity index (χ0) is 15.3. The zero-order valence-electron chi connectivity index (χ0n) is 10.9. The van der Waals surface area contributed by atoms with Gasteiger partial charge in [0.05, 0.1) is 12.3 Å². The van der Waals surface area contributed by atoms with Crippen LogP contribution in [0.15, 0.2) is 22.9 Å². The average Bonchev–Trinajstić information content (AvgIpc) is 2.91. The molecule has 2 N–H and O–H groups in total. The van der Waals surface area contributed by atoms with Crippen molar-refractivity contribution in [1.82, 2.24) is 15.1 Å². The molecule has 0 unspecified atom stereocenters. The first-order chi connectivity index (χ1) is 9.98. The fourth-order valence-corrected chi connectivity index (χ4v) is 1.55. The Kier molecular flexibility index (Phi) is 4.86. The second-order valence-corrected chi connectivity index (χ2v) is 4.17. The van der Waals surface area contributed by atoms with Crippen molar-refractivity contribution in [2.24, 2.45) is 5.73 Å². The summed E-state index contributed by atoms with van der Waals surface area (Å²) in [4.78, 5) is 8.11. The van der Waals surface area contributed by atoms with E-state index in [9.17, 15) is 13.2 Å². The fraction of sp³-hybridized carbons (Fsp3) is 0.417. The van der Waals surface area contributed by atoms with Gasteiger partial charge in [-0.05, 0) is 12.1 Å². The van der Waals surface area contributed by atoms with Crippen molar-refractivity contribution in [3.05, 3.63) is 29.8 Å². The molecule has 0 amide bonds. The Morgan fingerprint density at radius 3 is 2.86 bits per heavy atom. The highest BCUT2D eigenvalue weighted by Gasteiger charge is 2.27. The lowest BCUT2D eigenvalue weighted by atomic mass is 10.2. The van der Waals surface area contributed by atoms with Crippen LogP contribution in [-0.2, 0) is 17.7 Å². The number of pyridine rings is 1. The Morgan fingerprint density at radius 2 is 2.14 bits per heavy atom. The second-order valence-electron chi connectivity index (χ2n) is 4.17. The summed E-state index contributed by atoms with van der Waals surface area (Å²) in [5.74, 6) is 0.538. The van der Waals surface area contributed by atoms with Crippen molar-refractivity contribution in [3.63, 3.8) is 0 Å². The number of ether oxygens (including phenoxy) is 1. The third-order valence-corrected chi connectivity index (χ3v) is 2.48. The van der Waals surface area contributed by atoms with E-state index in [1.807, 2.05) is 0 Å². The first-order valence-electron chi connectivity index (χ1n) is 6.10. The van der Waals surface area contributed by atoms with E-state index in [2.05, 4.69) is 19.9 Å². The molecule has 2 aromatic rings. The predicted octanol–water partition coefficient (Wildman–Crippen LogP) is 1.71. The summed E-state index contributed by atoms with van der Waals surface area (Å²) in [7, 11) is 0. The summed E-state index contributed by atoms with van der Waals surface area (Å²) in [5, 5.41) is 3.68. The largest absolute Gasteiger partial charge is 0.411 e. The third kappa shape index (κ3) is 4.80. The molecule has 0 bridgehead atoms. The quantitative estimate of drug-likeness (QED) is 0.817. The monoisotopic (exact) mass is 302 g/mol. The lowest BCUT2D eigenvalue weighted by Gasteiger charge is -2.05. The van der Waals surface area contributed by atoms with Crippen molar-refractivity contribution < 1.29 is 22.4 Å². The molecule has 2 aromatic heterocycles. The topological polar surface area (TPSA) is 87.1 Å². The first kappa shape index (κ1) is 15.4. The molecule has 0 fully saturated rings. The lowest BCUT2D eigenvalue weighted by Crippen LogP contribution is -2.18. The van der Waals surface area contributed by atoms with Gasteiger partial charge in [0.2, 0.25) is 0 Å². The van der Waals surface area contributed by atoms with Crippen LogP contribution in [0.2, 0.25) is 0 Å². The summed E-state index contributed by atoms with van der Waals surface area (Å²) in [6.45, 7) is -1.15. The van der Waals surface area contributed by atoms with Gasteiger partial charge in [-0.1, -0.05) is 5.16 Å². The van der Waals surface area contributed by atoms with Crippen LogP contribution in [0, 0.1) is 0 Å². The molecule has 9 heteroatoms. The van der Waals surface area contributed by atoms with Crippen molar-refractivity contribution in [2.45, 2.75) is 19.1 Å². The molecule has 0 radical (unpaired) electrons. The molecule has 0 aliphatic carbocycles. The van der Waals surface area contributed by atoms with Crippen LogP contribution in [0.4, 0.5) is 13.2 Å². The molecule has 0 aliphatic heterocycles. The van der Waals surface area contributed by atoms with Gasteiger partial charge in [0.15, 0.2) is 5.82 Å². The molecule has 2 rings (SSSR count). The first-order valence-corrected chi connectivity index (χ1v) is 6.10. The van der Waals surface area contributed by atoms with Gasteiger partial charge in [-0.25, -0.2) is 0 Å². The summed E-state index contributed by atoms with van der Waals surface area (Å²) >= 11 is 0. The molecule has 21 heavy (non-hydrogen) atoms. The highest BCUT2D eigenvalue weighted by Crippen LogP contribution is 2.18. The highest BCUT2D eigenvalue weighted by molar-refractivity contribution is 5.52. The van der Waals surface area contributed by atoms with E-state index in [-0.39, 0.29) is 31.3 Å². The standard InChI is InChI=1S/C12H13F3N4O2/c13-12(14,15)7-20-4-2-10-18-11(21-19-10)8-1-3-17-9(5-8)6-16/h1,3,5H,2,4,6-7,16H2. The molecular formula is C12H13F3N4O2. The Labute approximate surface area is 118 Å². The lowest BCUT2D eigenvalue weighted by molar-refractivity contribution is -0.173. The van der Waals surface area contributed by atoms with E-state index in [1.54, 1.807) is 18.3 Å². The molecule has 114 valence electrons. The van der Waals surface area contributed by atoms with Crippen LogP contribution in [0.25, 0.3) is 11.5 Å². The summed E-state index contributed by atoms with van der Waals surface area (Å²) in [6, 6.07) is 3.38. The van der Waals surface area contributed by atoms with Gasteiger partial charge in [0, 0.05) is 24.7 Å². The number of hydrogen-bond acceptors (Lipinski definition) is 6. The Balaban J connectivity index is 1.92. The van der Waals surface area contributed by atoms with E-state index in [4.69, 9.17) is 10.3 Å².